The molecule has 1 saturated carbocycles. The van der Waals surface area contributed by atoms with Gasteiger partial charge in [-0.3, -0.25) is 4.94 Å². The average molecular weight is 1920 g/mol. The lowest BCUT2D eigenvalue weighted by atomic mass is 9.80. The molecule has 14 aromatic rings. The molecule has 0 radical (unpaired) electrons. The number of rotatable bonds is 16. The number of halogens is 25. The lowest BCUT2D eigenvalue weighted by molar-refractivity contribution is -0.00711. The normalized spacial score (nSPS) is 12.4. The monoisotopic (exact) mass is 1920 g/mol. The summed E-state index contributed by atoms with van der Waals surface area (Å²) in [5.74, 6) is -33.6. The van der Waals surface area contributed by atoms with E-state index < -0.39 is 209 Å². The molecule has 0 atom stereocenters. The van der Waals surface area contributed by atoms with Crippen LogP contribution in [0, 0.1) is 196 Å². The number of hydrogen-bond donors (Lipinski definition) is 0. The van der Waals surface area contributed by atoms with Gasteiger partial charge in [0.15, 0.2) is 63.9 Å². The first-order chi connectivity index (χ1) is 65.0. The average Bonchev–Trinajstić information content (AvgIpc) is 0.807. The maximum Gasteiger partial charge on any atom is 0.349 e. The summed E-state index contributed by atoms with van der Waals surface area (Å²) in [5.41, 5.74) is 0.217. The van der Waals surface area contributed by atoms with Crippen LogP contribution in [0.2, 0.25) is 0 Å². The van der Waals surface area contributed by atoms with Crippen molar-refractivity contribution in [2.24, 2.45) is 11.8 Å². The first-order valence-corrected chi connectivity index (χ1v) is 40.1. The van der Waals surface area contributed by atoms with Gasteiger partial charge < -0.3 is 14.2 Å². The van der Waals surface area contributed by atoms with E-state index in [1.165, 1.54) is 56.9 Å². The lowest BCUT2D eigenvalue weighted by Crippen LogP contribution is -2.14. The van der Waals surface area contributed by atoms with Crippen LogP contribution in [0.1, 0.15) is 115 Å². The summed E-state index contributed by atoms with van der Waals surface area (Å²) in [5, 5.41) is 17.3. The van der Waals surface area contributed by atoms with Gasteiger partial charge in [0.2, 0.25) is 0 Å². The quantitative estimate of drug-likeness (QED) is 0.0392. The SMILES string of the molecule is CC1CCC(CCc2ccc(C(=O)Oc3cc(F)c(F)c(F)c3)cc2)CC1.Cc1cc(F)c(-c2cc(F)c(CF)c(F)c2)c(F)c1.Cc1cc(F)c(-c2cnc(-c3cc(F)c(C#N)c(F)c3)nc2)c(F)c1.Cc1ccc(-c2cc(F)c(C(=O)Oc3cc(F)c(C#N)c(F)c3)c(F)c2)cc1.Cc1ccc(-c2cc(F)c(C(=O)Oc3cc(F)c(F)c(F)c3)c(F)c2)cc1.FOc1cc(F)c(F)c(F)c1. The number of carbonyl (C=O) groups excluding carboxylic acids is 3. The number of aromatic nitrogens is 2. The number of nitriles is 2. The van der Waals surface area contributed by atoms with E-state index >= 15 is 0 Å². The van der Waals surface area contributed by atoms with Crippen molar-refractivity contribution in [3.05, 3.63) is 402 Å². The fourth-order valence-corrected chi connectivity index (χ4v) is 13.4. The van der Waals surface area contributed by atoms with E-state index in [0.29, 0.717) is 70.8 Å². The fraction of sp³-hybridized carbons (Fsp3) is 0.139. The molecule has 0 amide bonds. The maximum atomic E-state index is 14.4. The third kappa shape index (κ3) is 26.7. The molecule has 706 valence electrons. The second kappa shape index (κ2) is 46.4. The molecule has 15 rings (SSSR count). The van der Waals surface area contributed by atoms with E-state index in [4.69, 9.17) is 15.3 Å². The van der Waals surface area contributed by atoms with E-state index in [-0.39, 0.29) is 50.5 Å². The first-order valence-electron chi connectivity index (χ1n) is 40.1. The van der Waals surface area contributed by atoms with E-state index in [0.717, 1.165) is 114 Å². The van der Waals surface area contributed by atoms with E-state index in [9.17, 15) is 124 Å². The van der Waals surface area contributed by atoms with Crippen LogP contribution in [0.5, 0.6) is 23.0 Å². The van der Waals surface area contributed by atoms with Gasteiger partial charge in [0.1, 0.15) is 140 Å². The molecule has 0 aliphatic heterocycles. The van der Waals surface area contributed by atoms with Crippen LogP contribution >= 0.6 is 0 Å². The highest BCUT2D eigenvalue weighted by molar-refractivity contribution is 5.94. The number of aryl methyl sites for hydroxylation is 5. The zero-order valence-electron chi connectivity index (χ0n) is 71.3. The molecule has 0 unspecified atom stereocenters. The molecule has 13 aromatic carbocycles. The van der Waals surface area contributed by atoms with Gasteiger partial charge in [-0.15, -0.1) is 0 Å². The molecule has 11 nitrogen and oxygen atoms in total. The van der Waals surface area contributed by atoms with Crippen LogP contribution in [-0.2, 0) is 13.1 Å². The molecule has 0 spiro atoms. The third-order valence-corrected chi connectivity index (χ3v) is 20.4. The summed E-state index contributed by atoms with van der Waals surface area (Å²) < 4.78 is 347. The van der Waals surface area contributed by atoms with Crippen molar-refractivity contribution in [2.75, 3.05) is 0 Å². The predicted molar refractivity (Wildman–Crippen MR) is 449 cm³/mol. The number of alkyl halides is 1. The molecule has 0 bridgehead atoms. The van der Waals surface area contributed by atoms with Crippen LogP contribution in [0.15, 0.2) is 207 Å². The van der Waals surface area contributed by atoms with Gasteiger partial charge in [0.25, 0.3) is 0 Å². The highest BCUT2D eigenvalue weighted by Gasteiger charge is 2.28. The predicted octanol–water partition coefficient (Wildman–Crippen LogP) is 28.6. The van der Waals surface area contributed by atoms with Crippen molar-refractivity contribution in [2.45, 2.75) is 79.8 Å². The Morgan fingerprint density at radius 2 is 0.650 bits per heavy atom. The summed E-state index contributed by atoms with van der Waals surface area (Å²) in [6, 6.07) is 39.0. The van der Waals surface area contributed by atoms with E-state index in [1.54, 1.807) is 67.6 Å². The highest BCUT2D eigenvalue weighted by atomic mass is 19.3. The fourth-order valence-electron chi connectivity index (χ4n) is 13.4. The molecule has 0 N–H and O–H groups in total. The lowest BCUT2D eigenvalue weighted by Gasteiger charge is -2.26. The zero-order chi connectivity index (χ0) is 100. The van der Waals surface area contributed by atoms with Crippen LogP contribution in [0.4, 0.5) is 110 Å². The second-order valence-corrected chi connectivity index (χ2v) is 30.4. The van der Waals surface area contributed by atoms with Gasteiger partial charge in [0.05, 0.1) is 22.3 Å². The molecule has 1 heterocycles. The molecule has 1 aromatic heterocycles. The van der Waals surface area contributed by atoms with Crippen LogP contribution in [-0.4, -0.2) is 27.9 Å². The van der Waals surface area contributed by atoms with Gasteiger partial charge >= 0.3 is 17.9 Å². The second-order valence-electron chi connectivity index (χ2n) is 30.4. The first kappa shape index (κ1) is 103. The van der Waals surface area contributed by atoms with Crippen molar-refractivity contribution < 1.29 is 143 Å². The van der Waals surface area contributed by atoms with Crippen molar-refractivity contribution in [3.63, 3.8) is 0 Å². The molecule has 1 aliphatic carbocycles. The molecular weight excluding hydrogens is 1860 g/mol. The standard InChI is InChI=1S/C22H23F3O2.C21H11F4NO2.C20H11F5O2.C18H9F4N3.C14H9F5.C6H2F4O/c1-14-2-4-15(5-3-14)6-7-16-8-10-17(11-9-16)22(26)27-18-12-19(23)21(25)20(24)13-18;1-11-2-4-12(5-3-11)13-6-18(24)20(19(25)7-13)21(27)28-14-8-16(22)15(10-26)17(23)9-14;1-10-2-4-11(5-3-10)12-6-14(21)18(15(22)7-12)20(26)27-13-8-16(23)19(25)17(24)9-13;1-9-2-15(21)17(16(22)3-9)11-7-24-18(25-8-11)10-4-13(19)12(6-23)14(20)5-10;1-7-2-12(18)14(13(19)3-7)8-4-10(16)9(6-15)11(17)5-8;7-4-1-3(11-10)2-5(8)6(4)9/h8-15H,2-7H2,1H3;2-9H,1H3;2-9H,1H3;2-5,7-8H,1H3;2-5H,6H2,1H3;1-2H. The maximum absolute atomic E-state index is 14.4. The Bertz CT molecular complexity index is 6700. The number of benzene rings is 13. The molecule has 0 saturated heterocycles. The van der Waals surface area contributed by atoms with E-state index in [2.05, 4.69) is 31.3 Å². The number of esters is 3. The van der Waals surface area contributed by atoms with Gasteiger partial charge in [0, 0.05) is 76.6 Å². The summed E-state index contributed by atoms with van der Waals surface area (Å²) in [6.45, 7) is 7.75. The Labute approximate surface area is 762 Å². The minimum atomic E-state index is -1.75. The van der Waals surface area contributed by atoms with Crippen molar-refractivity contribution in [1.82, 2.24) is 9.97 Å². The Hall–Kier alpha value is -15.6. The number of carbonyl (C=O) groups is 3. The Kier molecular flexibility index (Phi) is 35.0. The van der Waals surface area contributed by atoms with Gasteiger partial charge in [-0.2, -0.15) is 10.5 Å². The number of ether oxygens (including phenoxy) is 3. The molecule has 1 fully saturated rings. The highest BCUT2D eigenvalue weighted by Crippen LogP contribution is 2.37. The molecule has 137 heavy (non-hydrogen) atoms. The Morgan fingerprint density at radius 3 is 0.993 bits per heavy atom. The summed E-state index contributed by atoms with van der Waals surface area (Å²) >= 11 is 0. The van der Waals surface area contributed by atoms with Gasteiger partial charge in [-0.05, 0) is 182 Å². The Balaban J connectivity index is 0.000000173. The van der Waals surface area contributed by atoms with Crippen LogP contribution in [0.25, 0.3) is 55.9 Å². The third-order valence-electron chi connectivity index (χ3n) is 20.4. The largest absolute Gasteiger partial charge is 0.423 e. The Morgan fingerprint density at radius 1 is 0.336 bits per heavy atom. The molecule has 1 aliphatic rings. The number of nitrogens with zero attached hydrogens (tertiary/aromatic N) is 4. The van der Waals surface area contributed by atoms with Gasteiger partial charge in [-0.1, -0.05) is 104 Å². The zero-order valence-corrected chi connectivity index (χ0v) is 71.3. The topological polar surface area (TPSA) is 161 Å². The van der Waals surface area contributed by atoms with Crippen molar-refractivity contribution in [1.29, 1.82) is 10.5 Å². The van der Waals surface area contributed by atoms with Crippen LogP contribution < -0.4 is 19.2 Å². The summed E-state index contributed by atoms with van der Waals surface area (Å²) in [7, 11) is 0. The van der Waals surface area contributed by atoms with E-state index in [1.807, 2.05) is 26.0 Å². The molecular formula is C101H65F25N4O7. The number of hydrogen-bond acceptors (Lipinski definition) is 11. The van der Waals surface area contributed by atoms with Crippen molar-refractivity contribution >= 4 is 17.9 Å². The minimum absolute atomic E-state index is 0.00500. The minimum Gasteiger partial charge on any atom is -0.423 e. The summed E-state index contributed by atoms with van der Waals surface area (Å²) in [4.78, 5) is 47.0. The summed E-state index contributed by atoms with van der Waals surface area (Å²) in [6.07, 6.45) is 9.61. The molecule has 36 heteroatoms. The smallest absolute Gasteiger partial charge is 0.349 e. The van der Waals surface area contributed by atoms with Gasteiger partial charge in [-0.25, -0.2) is 130 Å². The van der Waals surface area contributed by atoms with Crippen LogP contribution in [0.3, 0.4) is 0 Å². The van der Waals surface area contributed by atoms with Crippen molar-refractivity contribution in [3.8, 4) is 91.0 Å².